The molecule has 7 aromatic carbocycles. The first-order valence-electron chi connectivity index (χ1n) is 18.9. The Morgan fingerprint density at radius 2 is 0.926 bits per heavy atom. The van der Waals surface area contributed by atoms with Crippen molar-refractivity contribution in [1.29, 1.82) is 0 Å². The first kappa shape index (κ1) is 34.4. The number of nitrogens with zero attached hydrogens (tertiary/aromatic N) is 1. The van der Waals surface area contributed by atoms with Gasteiger partial charge in [-0.05, 0) is 110 Å². The molecule has 0 radical (unpaired) electrons. The summed E-state index contributed by atoms with van der Waals surface area (Å²) in [5, 5.41) is 2.28. The van der Waals surface area contributed by atoms with E-state index in [-0.39, 0.29) is 16.2 Å². The Morgan fingerprint density at radius 3 is 1.54 bits per heavy atom. The van der Waals surface area contributed by atoms with Crippen LogP contribution in [0.2, 0.25) is 0 Å². The Balaban J connectivity index is 1.11. The molecule has 1 aromatic heterocycles. The van der Waals surface area contributed by atoms with Crippen LogP contribution in [0, 0.1) is 5.41 Å². The molecule has 0 saturated carbocycles. The molecule has 0 bridgehead atoms. The summed E-state index contributed by atoms with van der Waals surface area (Å²) in [7, 11) is 0. The van der Waals surface area contributed by atoms with E-state index in [1.54, 1.807) is 0 Å². The fourth-order valence-electron chi connectivity index (χ4n) is 8.72. The Labute approximate surface area is 327 Å². The molecular formula is C51H44BrNO. The molecule has 9 rings (SSSR count). The molecule has 0 atom stereocenters. The molecule has 0 unspecified atom stereocenters. The topological polar surface area (TPSA) is 16.4 Å². The normalized spacial score (nSPS) is 15.4. The van der Waals surface area contributed by atoms with Crippen LogP contribution >= 0.6 is 15.9 Å². The minimum absolute atomic E-state index is 0.0338. The highest BCUT2D eigenvalue weighted by atomic mass is 79.9. The maximum Gasteiger partial charge on any atom is 0.143 e. The maximum atomic E-state index is 6.40. The molecule has 0 saturated heterocycles. The Morgan fingerprint density at radius 1 is 0.444 bits per heavy atom. The molecule has 3 heteroatoms. The standard InChI is InChI=1S/C51H44BrNO/c1-49(2)44-31-43(46(52)32-45(44)50(3,4)51(49,5)6)36-23-29-39(30-24-36)53(37-25-19-34(20-26-37)33-13-8-7-9-14-33)38-27-21-35(22-28-38)40-16-12-17-42-41-15-10-11-18-47(41)54-48(40)42/h7-32H,1-6H3. The van der Waals surface area contributed by atoms with E-state index in [2.05, 4.69) is 208 Å². The fourth-order valence-corrected chi connectivity index (χ4v) is 9.29. The third-order valence-electron chi connectivity index (χ3n) is 13.1. The summed E-state index contributed by atoms with van der Waals surface area (Å²) in [4.78, 5) is 2.34. The zero-order valence-corrected chi connectivity index (χ0v) is 33.3. The van der Waals surface area contributed by atoms with Gasteiger partial charge in [-0.25, -0.2) is 0 Å². The highest BCUT2D eigenvalue weighted by Crippen LogP contribution is 2.62. The predicted molar refractivity (Wildman–Crippen MR) is 232 cm³/mol. The van der Waals surface area contributed by atoms with Gasteiger partial charge in [0.25, 0.3) is 0 Å². The number of hydrogen-bond donors (Lipinski definition) is 0. The van der Waals surface area contributed by atoms with E-state index < -0.39 is 0 Å². The van der Waals surface area contributed by atoms with Crippen LogP contribution in [-0.2, 0) is 10.8 Å². The number of hydrogen-bond acceptors (Lipinski definition) is 2. The Bertz CT molecular complexity index is 2660. The monoisotopic (exact) mass is 765 g/mol. The number of rotatable bonds is 6. The van der Waals surface area contributed by atoms with Crippen LogP contribution in [0.5, 0.6) is 0 Å². The molecule has 0 aliphatic heterocycles. The third-order valence-corrected chi connectivity index (χ3v) is 13.7. The van der Waals surface area contributed by atoms with E-state index in [1.807, 2.05) is 12.1 Å². The van der Waals surface area contributed by atoms with Crippen molar-refractivity contribution in [3.05, 3.63) is 173 Å². The molecule has 266 valence electrons. The van der Waals surface area contributed by atoms with Gasteiger partial charge in [0, 0.05) is 37.9 Å². The van der Waals surface area contributed by atoms with Crippen LogP contribution in [0.15, 0.2) is 167 Å². The van der Waals surface area contributed by atoms with Gasteiger partial charge in [-0.15, -0.1) is 0 Å². The lowest BCUT2D eigenvalue weighted by molar-refractivity contribution is 0.125. The zero-order chi connectivity index (χ0) is 37.4. The van der Waals surface area contributed by atoms with Gasteiger partial charge < -0.3 is 9.32 Å². The minimum atomic E-state index is 0.0338. The number of furan rings is 1. The molecule has 0 amide bonds. The van der Waals surface area contributed by atoms with Gasteiger partial charge in [0.15, 0.2) is 0 Å². The molecule has 1 aliphatic rings. The Hall–Kier alpha value is -5.38. The molecule has 8 aromatic rings. The number of halogens is 1. The van der Waals surface area contributed by atoms with Crippen molar-refractivity contribution in [2.24, 2.45) is 5.41 Å². The molecular weight excluding hydrogens is 722 g/mol. The largest absolute Gasteiger partial charge is 0.455 e. The number of para-hydroxylation sites is 2. The van der Waals surface area contributed by atoms with Crippen LogP contribution in [0.4, 0.5) is 17.1 Å². The van der Waals surface area contributed by atoms with Gasteiger partial charge in [-0.1, -0.05) is 161 Å². The first-order chi connectivity index (χ1) is 26.0. The summed E-state index contributed by atoms with van der Waals surface area (Å²) < 4.78 is 7.54. The van der Waals surface area contributed by atoms with Crippen LogP contribution in [-0.4, -0.2) is 0 Å². The van der Waals surface area contributed by atoms with Gasteiger partial charge in [0.1, 0.15) is 11.2 Å². The summed E-state index contributed by atoms with van der Waals surface area (Å²) in [6.07, 6.45) is 0. The fraction of sp³-hybridized carbons (Fsp3) is 0.176. The van der Waals surface area contributed by atoms with Crippen molar-refractivity contribution in [3.63, 3.8) is 0 Å². The van der Waals surface area contributed by atoms with E-state index in [9.17, 15) is 0 Å². The lowest BCUT2D eigenvalue weighted by Gasteiger charge is -2.44. The quantitative estimate of drug-likeness (QED) is 0.168. The number of anilines is 3. The lowest BCUT2D eigenvalue weighted by Crippen LogP contribution is -2.42. The van der Waals surface area contributed by atoms with Gasteiger partial charge in [0.05, 0.1) is 0 Å². The third kappa shape index (κ3) is 5.28. The highest BCUT2D eigenvalue weighted by molar-refractivity contribution is 9.10. The second kappa shape index (κ2) is 12.6. The van der Waals surface area contributed by atoms with Crippen LogP contribution in [0.3, 0.4) is 0 Å². The van der Waals surface area contributed by atoms with Gasteiger partial charge in [0.2, 0.25) is 0 Å². The molecule has 0 spiro atoms. The molecule has 0 fully saturated rings. The van der Waals surface area contributed by atoms with Gasteiger partial charge in [-0.3, -0.25) is 0 Å². The summed E-state index contributed by atoms with van der Waals surface area (Å²) in [5.41, 5.74) is 15.2. The molecule has 2 nitrogen and oxygen atoms in total. The van der Waals surface area contributed by atoms with Crippen LogP contribution < -0.4 is 4.90 Å². The first-order valence-corrected chi connectivity index (χ1v) is 19.7. The lowest BCUT2D eigenvalue weighted by atomic mass is 9.59. The summed E-state index contributed by atoms with van der Waals surface area (Å²) >= 11 is 3.99. The summed E-state index contributed by atoms with van der Waals surface area (Å²) in [5.74, 6) is 0. The average Bonchev–Trinajstić information content (AvgIpc) is 3.62. The van der Waals surface area contributed by atoms with E-state index in [0.29, 0.717) is 0 Å². The predicted octanol–water partition coefficient (Wildman–Crippen LogP) is 15.4. The van der Waals surface area contributed by atoms with Gasteiger partial charge >= 0.3 is 0 Å². The average molecular weight is 767 g/mol. The smallest absolute Gasteiger partial charge is 0.143 e. The number of benzene rings is 7. The van der Waals surface area contributed by atoms with Crippen LogP contribution in [0.25, 0.3) is 55.3 Å². The Kier molecular flexibility index (Phi) is 8.03. The zero-order valence-electron chi connectivity index (χ0n) is 31.7. The highest BCUT2D eigenvalue weighted by Gasteiger charge is 2.56. The van der Waals surface area contributed by atoms with E-state index >= 15 is 0 Å². The van der Waals surface area contributed by atoms with Crippen molar-refractivity contribution in [1.82, 2.24) is 0 Å². The second-order valence-corrected chi connectivity index (χ2v) is 17.2. The van der Waals surface area contributed by atoms with Crippen molar-refractivity contribution < 1.29 is 4.42 Å². The van der Waals surface area contributed by atoms with Crippen molar-refractivity contribution >= 4 is 54.9 Å². The van der Waals surface area contributed by atoms with E-state index in [1.165, 1.54) is 33.4 Å². The van der Waals surface area contributed by atoms with Crippen LogP contribution in [0.1, 0.15) is 52.7 Å². The molecule has 0 N–H and O–H groups in total. The van der Waals surface area contributed by atoms with Gasteiger partial charge in [-0.2, -0.15) is 0 Å². The summed E-state index contributed by atoms with van der Waals surface area (Å²) in [6, 6.07) is 56.8. The van der Waals surface area contributed by atoms with E-state index in [4.69, 9.17) is 4.42 Å². The van der Waals surface area contributed by atoms with Crippen molar-refractivity contribution in [2.75, 3.05) is 4.90 Å². The van der Waals surface area contributed by atoms with Crippen molar-refractivity contribution in [3.8, 4) is 33.4 Å². The van der Waals surface area contributed by atoms with E-state index in [0.717, 1.165) is 54.6 Å². The minimum Gasteiger partial charge on any atom is -0.455 e. The molecule has 1 heterocycles. The van der Waals surface area contributed by atoms with Crippen molar-refractivity contribution in [2.45, 2.75) is 52.4 Å². The SMILES string of the molecule is CC1(C)c2cc(Br)c(-c3ccc(N(c4ccc(-c5ccccc5)cc4)c4ccc(-c5cccc6c5oc5ccccc56)cc4)cc3)cc2C(C)(C)C1(C)C. The molecule has 54 heavy (non-hydrogen) atoms. The maximum absolute atomic E-state index is 6.40. The summed E-state index contributed by atoms with van der Waals surface area (Å²) in [6.45, 7) is 14.4. The molecule has 1 aliphatic carbocycles. The number of fused-ring (bicyclic) bond motifs is 4. The second-order valence-electron chi connectivity index (χ2n) is 16.4.